The number of ether oxygens (including phenoxy) is 1. The van der Waals surface area contributed by atoms with Crippen LogP contribution >= 0.6 is 23.4 Å². The van der Waals surface area contributed by atoms with Crippen LogP contribution in [0.25, 0.3) is 0 Å². The van der Waals surface area contributed by atoms with E-state index in [9.17, 15) is 4.79 Å². The number of rotatable bonds is 6. The quantitative estimate of drug-likeness (QED) is 0.364. The van der Waals surface area contributed by atoms with Crippen LogP contribution in [0.2, 0.25) is 5.02 Å². The van der Waals surface area contributed by atoms with Crippen molar-refractivity contribution in [3.8, 4) is 0 Å². The summed E-state index contributed by atoms with van der Waals surface area (Å²) in [4.78, 5) is 12.5. The second-order valence-electron chi connectivity index (χ2n) is 3.53. The van der Waals surface area contributed by atoms with Crippen LogP contribution < -0.4 is 5.73 Å². The van der Waals surface area contributed by atoms with E-state index in [1.54, 1.807) is 19.1 Å². The molecule has 4 nitrogen and oxygen atoms in total. The van der Waals surface area contributed by atoms with Gasteiger partial charge in [0.1, 0.15) is 0 Å². The molecule has 0 radical (unpaired) electrons. The van der Waals surface area contributed by atoms with E-state index in [1.807, 2.05) is 0 Å². The third-order valence-electron chi connectivity index (χ3n) is 2.11. The largest absolute Gasteiger partial charge is 0.462 e. The van der Waals surface area contributed by atoms with Gasteiger partial charge in [0.25, 0.3) is 0 Å². The lowest BCUT2D eigenvalue weighted by atomic mass is 10.2. The van der Waals surface area contributed by atoms with Gasteiger partial charge in [0, 0.05) is 22.9 Å². The highest BCUT2D eigenvalue weighted by atomic mass is 35.5. The summed E-state index contributed by atoms with van der Waals surface area (Å²) in [5.41, 5.74) is 6.48. The number of aliphatic hydroxyl groups is 1. The second kappa shape index (κ2) is 7.51. The number of esters is 1. The molecule has 0 unspecified atom stereocenters. The Bertz CT molecular complexity index is 426. The summed E-state index contributed by atoms with van der Waals surface area (Å²) in [6.45, 7) is 2.14. The first-order chi connectivity index (χ1) is 8.60. The topological polar surface area (TPSA) is 72.5 Å². The zero-order chi connectivity index (χ0) is 13.5. The molecule has 0 aliphatic rings. The molecule has 0 amide bonds. The number of nitrogens with two attached hydrogens (primary N) is 1. The molecule has 1 aromatic rings. The highest BCUT2D eigenvalue weighted by molar-refractivity contribution is 7.99. The molecule has 100 valence electrons. The Morgan fingerprint density at radius 3 is 2.89 bits per heavy atom. The summed E-state index contributed by atoms with van der Waals surface area (Å²) in [6.07, 6.45) is 0.633. The van der Waals surface area contributed by atoms with E-state index < -0.39 is 5.97 Å². The van der Waals surface area contributed by atoms with Crippen molar-refractivity contribution in [2.24, 2.45) is 0 Å². The molecule has 1 aromatic carbocycles. The molecule has 0 heterocycles. The van der Waals surface area contributed by atoms with Crippen LogP contribution in [0.1, 0.15) is 23.7 Å². The number of thioether (sulfide) groups is 1. The first kappa shape index (κ1) is 15.1. The predicted octanol–water partition coefficient (Wildman–Crippen LogP) is 2.57. The van der Waals surface area contributed by atoms with E-state index in [4.69, 9.17) is 27.2 Å². The van der Waals surface area contributed by atoms with Gasteiger partial charge in [-0.3, -0.25) is 0 Å². The number of hydrogen-bond donors (Lipinski definition) is 2. The minimum atomic E-state index is -0.432. The maximum atomic E-state index is 11.8. The van der Waals surface area contributed by atoms with Gasteiger partial charge in [-0.2, -0.15) is 0 Å². The van der Waals surface area contributed by atoms with Crippen LogP contribution in [0.4, 0.5) is 5.69 Å². The molecule has 0 saturated heterocycles. The summed E-state index contributed by atoms with van der Waals surface area (Å²) in [6, 6.07) is 3.16. The molecule has 3 N–H and O–H groups in total. The van der Waals surface area contributed by atoms with Crippen molar-refractivity contribution in [3.63, 3.8) is 0 Å². The Hall–Kier alpha value is -0.910. The van der Waals surface area contributed by atoms with Crippen LogP contribution in [0, 0.1) is 0 Å². The SMILES string of the molecule is CCOC(=O)c1cc(N)cc(Cl)c1SCCCO. The number of anilines is 1. The molecule has 0 atom stereocenters. The van der Waals surface area contributed by atoms with E-state index in [-0.39, 0.29) is 6.61 Å². The minimum Gasteiger partial charge on any atom is -0.462 e. The average molecular weight is 290 g/mol. The van der Waals surface area contributed by atoms with Gasteiger partial charge in [0.05, 0.1) is 17.2 Å². The number of aliphatic hydroxyl groups excluding tert-OH is 1. The summed E-state index contributed by atoms with van der Waals surface area (Å²) in [7, 11) is 0. The maximum Gasteiger partial charge on any atom is 0.339 e. The monoisotopic (exact) mass is 289 g/mol. The van der Waals surface area contributed by atoms with Crippen LogP contribution in [-0.2, 0) is 4.74 Å². The van der Waals surface area contributed by atoms with E-state index in [1.165, 1.54) is 11.8 Å². The van der Waals surface area contributed by atoms with Crippen molar-refractivity contribution < 1.29 is 14.6 Å². The summed E-state index contributed by atoms with van der Waals surface area (Å²) < 4.78 is 4.97. The number of hydrogen-bond acceptors (Lipinski definition) is 5. The van der Waals surface area contributed by atoms with Crippen molar-refractivity contribution in [1.82, 2.24) is 0 Å². The molecule has 18 heavy (non-hydrogen) atoms. The van der Waals surface area contributed by atoms with Crippen LogP contribution in [0.15, 0.2) is 17.0 Å². The lowest BCUT2D eigenvalue weighted by Gasteiger charge is -2.11. The van der Waals surface area contributed by atoms with Crippen molar-refractivity contribution in [1.29, 1.82) is 0 Å². The summed E-state index contributed by atoms with van der Waals surface area (Å²) in [5.74, 6) is 0.241. The van der Waals surface area contributed by atoms with Crippen molar-refractivity contribution in [2.45, 2.75) is 18.2 Å². The highest BCUT2D eigenvalue weighted by Crippen LogP contribution is 2.33. The van der Waals surface area contributed by atoms with Gasteiger partial charge in [-0.15, -0.1) is 11.8 Å². The Morgan fingerprint density at radius 2 is 2.28 bits per heavy atom. The van der Waals surface area contributed by atoms with E-state index in [2.05, 4.69) is 0 Å². The van der Waals surface area contributed by atoms with E-state index in [0.29, 0.717) is 39.9 Å². The van der Waals surface area contributed by atoms with E-state index in [0.717, 1.165) is 0 Å². The maximum absolute atomic E-state index is 11.8. The molecular formula is C12H16ClNO3S. The molecule has 0 saturated carbocycles. The lowest BCUT2D eigenvalue weighted by Crippen LogP contribution is -2.07. The molecule has 0 aromatic heterocycles. The third-order valence-corrected chi connectivity index (χ3v) is 3.74. The van der Waals surface area contributed by atoms with Crippen LogP contribution in [0.3, 0.4) is 0 Å². The molecule has 1 rings (SSSR count). The second-order valence-corrected chi connectivity index (χ2v) is 5.04. The molecule has 0 aliphatic carbocycles. The van der Waals surface area contributed by atoms with Gasteiger partial charge in [-0.1, -0.05) is 11.6 Å². The fourth-order valence-corrected chi connectivity index (χ4v) is 2.72. The molecule has 0 aliphatic heterocycles. The zero-order valence-corrected chi connectivity index (χ0v) is 11.7. The molecule has 0 bridgehead atoms. The number of halogens is 1. The van der Waals surface area contributed by atoms with Gasteiger partial charge in [0.2, 0.25) is 0 Å². The third kappa shape index (κ3) is 4.08. The van der Waals surface area contributed by atoms with Crippen molar-refractivity contribution in [3.05, 3.63) is 22.7 Å². The first-order valence-corrected chi connectivity index (χ1v) is 6.96. The van der Waals surface area contributed by atoms with Crippen molar-refractivity contribution in [2.75, 3.05) is 24.7 Å². The predicted molar refractivity (Wildman–Crippen MR) is 74.2 cm³/mol. The number of carbonyl (C=O) groups excluding carboxylic acids is 1. The van der Waals surface area contributed by atoms with Crippen molar-refractivity contribution >= 4 is 35.0 Å². The van der Waals surface area contributed by atoms with Crippen LogP contribution in [-0.4, -0.2) is 30.0 Å². The fourth-order valence-electron chi connectivity index (χ4n) is 1.36. The van der Waals surface area contributed by atoms with E-state index >= 15 is 0 Å². The summed E-state index contributed by atoms with van der Waals surface area (Å²) in [5, 5.41) is 9.19. The molecule has 6 heteroatoms. The standard InChI is InChI=1S/C12H16ClNO3S/c1-2-17-12(16)9-6-8(14)7-10(13)11(9)18-5-3-4-15/h6-7,15H,2-5,14H2,1H3. The van der Waals surface area contributed by atoms with Crippen LogP contribution in [0.5, 0.6) is 0 Å². The average Bonchev–Trinajstić information content (AvgIpc) is 2.31. The van der Waals surface area contributed by atoms with Gasteiger partial charge in [-0.05, 0) is 25.5 Å². The number of carbonyl (C=O) groups is 1. The Morgan fingerprint density at radius 1 is 1.56 bits per heavy atom. The van der Waals surface area contributed by atoms with Gasteiger partial charge < -0.3 is 15.6 Å². The molecule has 0 fully saturated rings. The van der Waals surface area contributed by atoms with Gasteiger partial charge in [-0.25, -0.2) is 4.79 Å². The number of nitrogen functional groups attached to an aromatic ring is 1. The molecule has 0 spiro atoms. The fraction of sp³-hybridized carbons (Fsp3) is 0.417. The Balaban J connectivity index is 3.00. The Kier molecular flexibility index (Phi) is 6.32. The Labute approximate surface area is 115 Å². The normalized spacial score (nSPS) is 10.4. The lowest BCUT2D eigenvalue weighted by molar-refractivity contribution is 0.0522. The smallest absolute Gasteiger partial charge is 0.339 e. The molecular weight excluding hydrogens is 274 g/mol. The summed E-state index contributed by atoms with van der Waals surface area (Å²) >= 11 is 7.50. The highest BCUT2D eigenvalue weighted by Gasteiger charge is 2.17. The zero-order valence-electron chi connectivity index (χ0n) is 10.1. The minimum absolute atomic E-state index is 0.105. The van der Waals surface area contributed by atoms with Gasteiger partial charge in [0.15, 0.2) is 0 Å². The first-order valence-electron chi connectivity index (χ1n) is 5.60. The van der Waals surface area contributed by atoms with Gasteiger partial charge >= 0.3 is 5.97 Å². The number of benzene rings is 1.